The van der Waals surface area contributed by atoms with E-state index in [1.165, 1.54) is 6.07 Å². The van der Waals surface area contributed by atoms with Gasteiger partial charge in [-0.05, 0) is 43.3 Å². The number of aryl methyl sites for hydroxylation is 1. The first-order chi connectivity index (χ1) is 9.19. The summed E-state index contributed by atoms with van der Waals surface area (Å²) in [5, 5.41) is 3.20. The van der Waals surface area contributed by atoms with Crippen LogP contribution in [0.4, 0.5) is 4.39 Å². The molecule has 3 nitrogen and oxygen atoms in total. The molecule has 4 heteroatoms. The number of rotatable bonds is 5. The van der Waals surface area contributed by atoms with Crippen molar-refractivity contribution in [1.82, 2.24) is 10.3 Å². The fraction of sp³-hybridized carbons (Fsp3) is 0.267. The van der Waals surface area contributed by atoms with Gasteiger partial charge in [0.15, 0.2) is 0 Å². The summed E-state index contributed by atoms with van der Waals surface area (Å²) in [6, 6.07) is 8.37. The molecule has 0 fully saturated rings. The molecule has 0 aliphatic rings. The van der Waals surface area contributed by atoms with Crippen LogP contribution < -0.4 is 10.1 Å². The second-order valence-corrected chi connectivity index (χ2v) is 4.28. The van der Waals surface area contributed by atoms with Gasteiger partial charge in [-0.1, -0.05) is 6.92 Å². The zero-order valence-electron chi connectivity index (χ0n) is 11.1. The van der Waals surface area contributed by atoms with Crippen molar-refractivity contribution in [1.29, 1.82) is 0 Å². The van der Waals surface area contributed by atoms with E-state index >= 15 is 0 Å². The molecule has 0 saturated carbocycles. The molecule has 2 aromatic rings. The van der Waals surface area contributed by atoms with Gasteiger partial charge in [-0.25, -0.2) is 4.39 Å². The van der Waals surface area contributed by atoms with Gasteiger partial charge in [0.1, 0.15) is 17.3 Å². The molecule has 0 bridgehead atoms. The number of benzene rings is 1. The van der Waals surface area contributed by atoms with E-state index in [2.05, 4.69) is 10.3 Å². The highest BCUT2D eigenvalue weighted by Gasteiger charge is 2.03. The van der Waals surface area contributed by atoms with Crippen LogP contribution in [-0.2, 0) is 6.54 Å². The Morgan fingerprint density at radius 1 is 1.21 bits per heavy atom. The Balaban J connectivity index is 2.11. The van der Waals surface area contributed by atoms with Crippen molar-refractivity contribution in [2.75, 3.05) is 6.54 Å². The monoisotopic (exact) mass is 260 g/mol. The van der Waals surface area contributed by atoms with Crippen molar-refractivity contribution in [3.05, 3.63) is 53.6 Å². The van der Waals surface area contributed by atoms with Crippen molar-refractivity contribution in [2.24, 2.45) is 0 Å². The van der Waals surface area contributed by atoms with Crippen LogP contribution in [0.3, 0.4) is 0 Å². The number of hydrogen-bond acceptors (Lipinski definition) is 3. The first-order valence-corrected chi connectivity index (χ1v) is 6.28. The Bertz CT molecular complexity index is 558. The molecule has 0 unspecified atom stereocenters. The molecule has 0 radical (unpaired) electrons. The maximum absolute atomic E-state index is 13.2. The molecule has 1 aromatic carbocycles. The zero-order valence-corrected chi connectivity index (χ0v) is 11.1. The lowest BCUT2D eigenvalue weighted by atomic mass is 10.2. The molecular formula is C15H17FN2O. The van der Waals surface area contributed by atoms with E-state index in [9.17, 15) is 4.39 Å². The van der Waals surface area contributed by atoms with Crippen LogP contribution in [0, 0.1) is 12.7 Å². The lowest BCUT2D eigenvalue weighted by molar-refractivity contribution is 0.477. The first kappa shape index (κ1) is 13.5. The molecule has 1 N–H and O–H groups in total. The molecule has 2 rings (SSSR count). The summed E-state index contributed by atoms with van der Waals surface area (Å²) in [6.45, 7) is 5.35. The average Bonchev–Trinajstić information content (AvgIpc) is 2.41. The summed E-state index contributed by atoms with van der Waals surface area (Å²) in [5.41, 5.74) is 1.48. The standard InChI is InChI=1S/C15H17FN2O/c1-3-17-10-12-9-14(6-7-18-12)19-13-4-5-15(16)11(2)8-13/h4-9,17H,3,10H2,1-2H3. The lowest BCUT2D eigenvalue weighted by Gasteiger charge is -2.08. The fourth-order valence-electron chi connectivity index (χ4n) is 1.69. The summed E-state index contributed by atoms with van der Waals surface area (Å²) in [7, 11) is 0. The van der Waals surface area contributed by atoms with Gasteiger partial charge in [0.25, 0.3) is 0 Å². The molecule has 19 heavy (non-hydrogen) atoms. The van der Waals surface area contributed by atoms with Crippen molar-refractivity contribution in [3.63, 3.8) is 0 Å². The minimum atomic E-state index is -0.227. The minimum absolute atomic E-state index is 0.227. The summed E-state index contributed by atoms with van der Waals surface area (Å²) < 4.78 is 18.9. The number of pyridine rings is 1. The highest BCUT2D eigenvalue weighted by Crippen LogP contribution is 2.23. The normalized spacial score (nSPS) is 10.5. The average molecular weight is 260 g/mol. The second-order valence-electron chi connectivity index (χ2n) is 4.28. The van der Waals surface area contributed by atoms with E-state index < -0.39 is 0 Å². The maximum Gasteiger partial charge on any atom is 0.130 e. The van der Waals surface area contributed by atoms with E-state index in [0.29, 0.717) is 23.6 Å². The molecule has 0 aliphatic carbocycles. The summed E-state index contributed by atoms with van der Waals surface area (Å²) >= 11 is 0. The predicted molar refractivity (Wildman–Crippen MR) is 72.8 cm³/mol. The Morgan fingerprint density at radius 2 is 2.00 bits per heavy atom. The van der Waals surface area contributed by atoms with Crippen molar-refractivity contribution in [3.8, 4) is 11.5 Å². The van der Waals surface area contributed by atoms with Gasteiger partial charge in [-0.2, -0.15) is 0 Å². The summed E-state index contributed by atoms with van der Waals surface area (Å²) in [6.07, 6.45) is 1.71. The van der Waals surface area contributed by atoms with Gasteiger partial charge in [-0.15, -0.1) is 0 Å². The number of nitrogens with one attached hydrogen (secondary N) is 1. The van der Waals surface area contributed by atoms with Gasteiger partial charge < -0.3 is 10.1 Å². The van der Waals surface area contributed by atoms with Crippen LogP contribution in [0.5, 0.6) is 11.5 Å². The minimum Gasteiger partial charge on any atom is -0.457 e. The summed E-state index contributed by atoms with van der Waals surface area (Å²) in [4.78, 5) is 4.25. The Labute approximate surface area is 112 Å². The molecular weight excluding hydrogens is 243 g/mol. The third kappa shape index (κ3) is 3.76. The van der Waals surface area contributed by atoms with E-state index in [0.717, 1.165) is 12.2 Å². The Hall–Kier alpha value is -1.94. The van der Waals surface area contributed by atoms with E-state index in [1.54, 1.807) is 31.3 Å². The van der Waals surface area contributed by atoms with Crippen molar-refractivity contribution >= 4 is 0 Å². The van der Waals surface area contributed by atoms with Crippen LogP contribution in [0.25, 0.3) is 0 Å². The largest absolute Gasteiger partial charge is 0.457 e. The van der Waals surface area contributed by atoms with Gasteiger partial charge >= 0.3 is 0 Å². The molecule has 1 heterocycles. The van der Waals surface area contributed by atoms with Crippen LogP contribution in [0.2, 0.25) is 0 Å². The van der Waals surface area contributed by atoms with Gasteiger partial charge in [0.05, 0.1) is 5.69 Å². The smallest absolute Gasteiger partial charge is 0.130 e. The molecule has 0 saturated heterocycles. The molecule has 0 aliphatic heterocycles. The highest BCUT2D eigenvalue weighted by atomic mass is 19.1. The number of hydrogen-bond donors (Lipinski definition) is 1. The van der Waals surface area contributed by atoms with E-state index in [-0.39, 0.29) is 5.82 Å². The number of ether oxygens (including phenoxy) is 1. The molecule has 0 atom stereocenters. The quantitative estimate of drug-likeness (QED) is 0.894. The third-order valence-corrected chi connectivity index (χ3v) is 2.71. The van der Waals surface area contributed by atoms with E-state index in [4.69, 9.17) is 4.74 Å². The highest BCUT2D eigenvalue weighted by molar-refractivity contribution is 5.34. The van der Waals surface area contributed by atoms with Crippen LogP contribution >= 0.6 is 0 Å². The van der Waals surface area contributed by atoms with Gasteiger partial charge in [-0.3, -0.25) is 4.98 Å². The maximum atomic E-state index is 13.2. The van der Waals surface area contributed by atoms with Crippen LogP contribution in [0.15, 0.2) is 36.5 Å². The third-order valence-electron chi connectivity index (χ3n) is 2.71. The fourth-order valence-corrected chi connectivity index (χ4v) is 1.69. The molecule has 100 valence electrons. The SMILES string of the molecule is CCNCc1cc(Oc2ccc(F)c(C)c2)ccn1. The van der Waals surface area contributed by atoms with Crippen LogP contribution in [-0.4, -0.2) is 11.5 Å². The number of aromatic nitrogens is 1. The Morgan fingerprint density at radius 3 is 2.74 bits per heavy atom. The van der Waals surface area contributed by atoms with Crippen LogP contribution in [0.1, 0.15) is 18.2 Å². The lowest BCUT2D eigenvalue weighted by Crippen LogP contribution is -2.12. The topological polar surface area (TPSA) is 34.1 Å². The molecule has 0 amide bonds. The van der Waals surface area contributed by atoms with Crippen molar-refractivity contribution < 1.29 is 9.13 Å². The van der Waals surface area contributed by atoms with E-state index in [1.807, 2.05) is 13.0 Å². The Kier molecular flexibility index (Phi) is 4.47. The number of nitrogens with zero attached hydrogens (tertiary/aromatic N) is 1. The first-order valence-electron chi connectivity index (χ1n) is 6.28. The zero-order chi connectivity index (χ0) is 13.7. The molecule has 1 aromatic heterocycles. The molecule has 0 spiro atoms. The van der Waals surface area contributed by atoms with Gasteiger partial charge in [0.2, 0.25) is 0 Å². The van der Waals surface area contributed by atoms with Gasteiger partial charge in [0, 0.05) is 18.8 Å². The van der Waals surface area contributed by atoms with Crippen molar-refractivity contribution in [2.45, 2.75) is 20.4 Å². The number of halogens is 1. The summed E-state index contributed by atoms with van der Waals surface area (Å²) in [5.74, 6) is 1.10. The second kappa shape index (κ2) is 6.29. The predicted octanol–water partition coefficient (Wildman–Crippen LogP) is 3.43.